The van der Waals surface area contributed by atoms with Crippen molar-refractivity contribution in [1.82, 2.24) is 4.90 Å². The van der Waals surface area contributed by atoms with Crippen molar-refractivity contribution in [1.29, 1.82) is 0 Å². The number of methoxy groups -OCH3 is 2. The molecule has 3 unspecified atom stereocenters. The van der Waals surface area contributed by atoms with Gasteiger partial charge >= 0.3 is 0 Å². The molecule has 0 aromatic heterocycles. The zero-order valence-corrected chi connectivity index (χ0v) is 19.8. The number of β-amino-alcohol motifs (C(OH)–C–C–N with tert-alkyl or cyclic N) is 2. The Morgan fingerprint density at radius 2 is 1.97 bits per heavy atom. The SMILES string of the molecule is COCCCOc1cc(CC(CC(N)C(O)CN2C[C@H](O)CC2=O)C(C)C)ccc1OC. The van der Waals surface area contributed by atoms with Crippen molar-refractivity contribution in [3.05, 3.63) is 23.8 Å². The molecule has 182 valence electrons. The molecule has 1 heterocycles. The second kappa shape index (κ2) is 13.0. The molecule has 1 aliphatic rings. The summed E-state index contributed by atoms with van der Waals surface area (Å²) in [7, 11) is 3.29. The molecule has 32 heavy (non-hydrogen) atoms. The van der Waals surface area contributed by atoms with E-state index in [4.69, 9.17) is 19.9 Å². The molecule has 0 saturated carbocycles. The Labute approximate surface area is 191 Å². The van der Waals surface area contributed by atoms with Gasteiger partial charge in [-0.3, -0.25) is 4.79 Å². The van der Waals surface area contributed by atoms with Crippen molar-refractivity contribution < 1.29 is 29.2 Å². The molecule has 1 saturated heterocycles. The van der Waals surface area contributed by atoms with Crippen LogP contribution in [0.4, 0.5) is 0 Å². The van der Waals surface area contributed by atoms with Gasteiger partial charge in [-0.2, -0.15) is 0 Å². The average Bonchev–Trinajstić information content (AvgIpc) is 3.07. The van der Waals surface area contributed by atoms with Gasteiger partial charge in [-0.1, -0.05) is 19.9 Å². The molecule has 1 aromatic carbocycles. The molecule has 2 rings (SSSR count). The smallest absolute Gasteiger partial charge is 0.225 e. The molecule has 0 bridgehead atoms. The van der Waals surface area contributed by atoms with Gasteiger partial charge in [0.2, 0.25) is 5.91 Å². The molecular formula is C24H40N2O6. The number of benzene rings is 1. The number of carbonyl (C=O) groups is 1. The lowest BCUT2D eigenvalue weighted by atomic mass is 9.83. The number of aliphatic hydroxyl groups is 2. The number of amides is 1. The van der Waals surface area contributed by atoms with E-state index in [0.717, 1.165) is 18.4 Å². The Balaban J connectivity index is 1.98. The number of likely N-dealkylation sites (tertiary alicyclic amines) is 1. The van der Waals surface area contributed by atoms with E-state index in [1.54, 1.807) is 14.2 Å². The zero-order valence-electron chi connectivity index (χ0n) is 19.8. The first-order valence-electron chi connectivity index (χ1n) is 11.4. The van der Waals surface area contributed by atoms with E-state index >= 15 is 0 Å². The summed E-state index contributed by atoms with van der Waals surface area (Å²) in [6.07, 6.45) is 0.833. The predicted octanol–water partition coefficient (Wildman–Crippen LogP) is 1.60. The van der Waals surface area contributed by atoms with E-state index in [-0.39, 0.29) is 31.3 Å². The second-order valence-electron chi connectivity index (χ2n) is 9.01. The summed E-state index contributed by atoms with van der Waals surface area (Å²) < 4.78 is 16.4. The van der Waals surface area contributed by atoms with Crippen LogP contribution in [0.5, 0.6) is 11.5 Å². The lowest BCUT2D eigenvalue weighted by molar-refractivity contribution is -0.129. The number of nitrogens with two attached hydrogens (primary N) is 1. The van der Waals surface area contributed by atoms with Gasteiger partial charge in [0.25, 0.3) is 0 Å². The molecule has 0 aliphatic carbocycles. The number of hydrogen-bond donors (Lipinski definition) is 3. The van der Waals surface area contributed by atoms with Crippen LogP contribution >= 0.6 is 0 Å². The Hall–Kier alpha value is -1.87. The highest BCUT2D eigenvalue weighted by atomic mass is 16.5. The van der Waals surface area contributed by atoms with Crippen LogP contribution < -0.4 is 15.2 Å². The van der Waals surface area contributed by atoms with E-state index in [9.17, 15) is 15.0 Å². The van der Waals surface area contributed by atoms with Crippen molar-refractivity contribution >= 4 is 5.91 Å². The first kappa shape index (κ1) is 26.4. The zero-order chi connectivity index (χ0) is 23.7. The van der Waals surface area contributed by atoms with E-state index < -0.39 is 18.2 Å². The fourth-order valence-electron chi connectivity index (χ4n) is 4.04. The molecule has 4 N–H and O–H groups in total. The molecular weight excluding hydrogens is 412 g/mol. The maximum atomic E-state index is 11.9. The van der Waals surface area contributed by atoms with Gasteiger partial charge < -0.3 is 35.1 Å². The Morgan fingerprint density at radius 3 is 2.56 bits per heavy atom. The maximum absolute atomic E-state index is 11.9. The minimum atomic E-state index is -0.832. The van der Waals surface area contributed by atoms with Gasteiger partial charge in [0, 0.05) is 39.3 Å². The quantitative estimate of drug-likeness (QED) is 0.367. The summed E-state index contributed by atoms with van der Waals surface area (Å²) in [5.74, 6) is 1.86. The molecule has 8 heteroatoms. The van der Waals surface area contributed by atoms with Crippen LogP contribution in [-0.2, 0) is 16.0 Å². The summed E-state index contributed by atoms with van der Waals surface area (Å²) in [6.45, 7) is 5.90. The molecule has 1 aromatic rings. The van der Waals surface area contributed by atoms with E-state index in [0.29, 0.717) is 37.1 Å². The summed E-state index contributed by atoms with van der Waals surface area (Å²) in [5.41, 5.74) is 7.45. The highest BCUT2D eigenvalue weighted by molar-refractivity contribution is 5.79. The maximum Gasteiger partial charge on any atom is 0.225 e. The van der Waals surface area contributed by atoms with Crippen molar-refractivity contribution in [3.8, 4) is 11.5 Å². The van der Waals surface area contributed by atoms with Crippen LogP contribution in [0.3, 0.4) is 0 Å². The van der Waals surface area contributed by atoms with Crippen LogP contribution in [0, 0.1) is 11.8 Å². The van der Waals surface area contributed by atoms with Crippen molar-refractivity contribution in [2.45, 2.75) is 57.8 Å². The number of hydrogen-bond acceptors (Lipinski definition) is 7. The Morgan fingerprint density at radius 1 is 1.22 bits per heavy atom. The number of aliphatic hydroxyl groups excluding tert-OH is 2. The van der Waals surface area contributed by atoms with Crippen LogP contribution in [0.2, 0.25) is 0 Å². The van der Waals surface area contributed by atoms with Gasteiger partial charge in [0.15, 0.2) is 11.5 Å². The first-order valence-corrected chi connectivity index (χ1v) is 11.4. The second-order valence-corrected chi connectivity index (χ2v) is 9.01. The van der Waals surface area contributed by atoms with E-state index in [1.807, 2.05) is 18.2 Å². The first-order chi connectivity index (χ1) is 15.2. The number of rotatable bonds is 14. The molecule has 0 radical (unpaired) electrons. The lowest BCUT2D eigenvalue weighted by Gasteiger charge is -2.29. The minimum Gasteiger partial charge on any atom is -0.493 e. The molecule has 1 fully saturated rings. The van der Waals surface area contributed by atoms with Gasteiger partial charge in [0.1, 0.15) is 0 Å². The van der Waals surface area contributed by atoms with Gasteiger partial charge in [0.05, 0.1) is 32.3 Å². The Kier molecular flexibility index (Phi) is 10.7. The fraction of sp³-hybridized carbons (Fsp3) is 0.708. The minimum absolute atomic E-state index is 0.115. The Bertz CT molecular complexity index is 714. The summed E-state index contributed by atoms with van der Waals surface area (Å²) in [5, 5.41) is 20.2. The highest BCUT2D eigenvalue weighted by Crippen LogP contribution is 2.31. The molecule has 0 spiro atoms. The summed E-state index contributed by atoms with van der Waals surface area (Å²) in [4.78, 5) is 13.4. The largest absolute Gasteiger partial charge is 0.493 e. The normalized spacial score (nSPS) is 19.3. The van der Waals surface area contributed by atoms with E-state index in [1.165, 1.54) is 4.90 Å². The van der Waals surface area contributed by atoms with E-state index in [2.05, 4.69) is 13.8 Å². The molecule has 1 amide bonds. The number of ether oxygens (including phenoxy) is 3. The third-order valence-electron chi connectivity index (χ3n) is 6.09. The van der Waals surface area contributed by atoms with Crippen LogP contribution in [0.25, 0.3) is 0 Å². The lowest BCUT2D eigenvalue weighted by Crippen LogP contribution is -2.45. The van der Waals surface area contributed by atoms with Gasteiger partial charge in [-0.15, -0.1) is 0 Å². The third-order valence-corrected chi connectivity index (χ3v) is 6.09. The monoisotopic (exact) mass is 452 g/mol. The van der Waals surface area contributed by atoms with Crippen LogP contribution in [-0.4, -0.2) is 79.8 Å². The highest BCUT2D eigenvalue weighted by Gasteiger charge is 2.31. The van der Waals surface area contributed by atoms with Gasteiger partial charge in [-0.25, -0.2) is 0 Å². The van der Waals surface area contributed by atoms with Gasteiger partial charge in [-0.05, 0) is 42.4 Å². The number of carbonyl (C=O) groups excluding carboxylic acids is 1. The number of nitrogens with zero attached hydrogens (tertiary/aromatic N) is 1. The predicted molar refractivity (Wildman–Crippen MR) is 123 cm³/mol. The van der Waals surface area contributed by atoms with Crippen molar-refractivity contribution in [2.24, 2.45) is 17.6 Å². The van der Waals surface area contributed by atoms with Crippen LogP contribution in [0.1, 0.15) is 38.7 Å². The summed E-state index contributed by atoms with van der Waals surface area (Å²) >= 11 is 0. The standard InChI is InChI=1S/C24H40N2O6/c1-16(2)18(12-20(25)21(28)15-26-14-19(27)13-24(26)29)10-17-6-7-22(31-4)23(11-17)32-9-5-8-30-3/h6-7,11,16,18-21,27-28H,5,8-10,12-15,25H2,1-4H3/t18?,19-,20?,21?/m1/s1. The molecule has 8 nitrogen and oxygen atoms in total. The topological polar surface area (TPSA) is 114 Å². The third kappa shape index (κ3) is 7.92. The van der Waals surface area contributed by atoms with Crippen LogP contribution in [0.15, 0.2) is 18.2 Å². The van der Waals surface area contributed by atoms with Crippen molar-refractivity contribution in [2.75, 3.05) is 40.5 Å². The van der Waals surface area contributed by atoms with Crippen molar-refractivity contribution in [3.63, 3.8) is 0 Å². The average molecular weight is 453 g/mol. The molecule has 4 atom stereocenters. The fourth-order valence-corrected chi connectivity index (χ4v) is 4.04. The molecule has 1 aliphatic heterocycles. The summed E-state index contributed by atoms with van der Waals surface area (Å²) in [6, 6.07) is 5.49.